The molecule has 4 rings (SSSR count). The first-order valence-electron chi connectivity index (χ1n) is 12.3. The molecule has 9 nitrogen and oxygen atoms in total. The van der Waals surface area contributed by atoms with Crippen molar-refractivity contribution in [2.24, 2.45) is 0 Å². The Hall–Kier alpha value is -2.78. The lowest BCUT2D eigenvalue weighted by atomic mass is 10.0. The first-order valence-corrected chi connectivity index (χ1v) is 13.1. The summed E-state index contributed by atoms with van der Waals surface area (Å²) >= 11 is 13.0. The van der Waals surface area contributed by atoms with Gasteiger partial charge < -0.3 is 24.2 Å². The molecule has 0 saturated carbocycles. The molecule has 0 spiro atoms. The van der Waals surface area contributed by atoms with E-state index < -0.39 is 11.7 Å². The molecular formula is C26H33Cl2N5O4. The van der Waals surface area contributed by atoms with Gasteiger partial charge in [-0.25, -0.2) is 9.78 Å². The van der Waals surface area contributed by atoms with Crippen molar-refractivity contribution in [3.8, 4) is 5.75 Å². The summed E-state index contributed by atoms with van der Waals surface area (Å²) in [6, 6.07) is 1.53. The molecule has 1 fully saturated rings. The van der Waals surface area contributed by atoms with Gasteiger partial charge in [-0.2, -0.15) is 0 Å². The van der Waals surface area contributed by atoms with Crippen LogP contribution < -0.4 is 9.64 Å². The maximum atomic E-state index is 14.0. The summed E-state index contributed by atoms with van der Waals surface area (Å²) in [6.45, 7) is 12.6. The monoisotopic (exact) mass is 549 g/mol. The van der Waals surface area contributed by atoms with Gasteiger partial charge in [0, 0.05) is 32.9 Å². The highest BCUT2D eigenvalue weighted by Crippen LogP contribution is 2.44. The minimum absolute atomic E-state index is 0.0398. The topological polar surface area (TPSA) is 88.1 Å². The zero-order chi connectivity index (χ0) is 27.2. The summed E-state index contributed by atoms with van der Waals surface area (Å²) in [7, 11) is 1.83. The van der Waals surface area contributed by atoms with Crippen molar-refractivity contribution in [1.82, 2.24) is 19.8 Å². The van der Waals surface area contributed by atoms with E-state index in [4.69, 9.17) is 32.7 Å². The molecule has 0 radical (unpaired) electrons. The van der Waals surface area contributed by atoms with Crippen LogP contribution in [0.4, 0.5) is 16.3 Å². The second-order valence-corrected chi connectivity index (χ2v) is 11.4. The minimum Gasteiger partial charge on any atom is -0.489 e. The molecule has 2 aromatic heterocycles. The smallest absolute Gasteiger partial charge is 0.410 e. The Kier molecular flexibility index (Phi) is 7.50. The Bertz CT molecular complexity index is 1230. The van der Waals surface area contributed by atoms with Crippen LogP contribution in [0.15, 0.2) is 12.3 Å². The number of halogens is 2. The molecule has 0 bridgehead atoms. The molecule has 37 heavy (non-hydrogen) atoms. The number of ether oxygens (including phenoxy) is 2. The summed E-state index contributed by atoms with van der Waals surface area (Å²) in [5.41, 5.74) is 2.31. The van der Waals surface area contributed by atoms with Crippen molar-refractivity contribution in [3.05, 3.63) is 39.3 Å². The van der Waals surface area contributed by atoms with Crippen LogP contribution in [0.25, 0.3) is 0 Å². The van der Waals surface area contributed by atoms with Crippen molar-refractivity contribution >= 4 is 46.7 Å². The van der Waals surface area contributed by atoms with Gasteiger partial charge in [-0.3, -0.25) is 9.78 Å². The molecule has 4 heterocycles. The van der Waals surface area contributed by atoms with Gasteiger partial charge in [0.2, 0.25) is 0 Å². The lowest BCUT2D eigenvalue weighted by Gasteiger charge is -2.40. The van der Waals surface area contributed by atoms with Gasteiger partial charge in [0.25, 0.3) is 5.91 Å². The lowest BCUT2D eigenvalue weighted by Crippen LogP contribution is -2.58. The number of hydrogen-bond donors (Lipinski definition) is 0. The van der Waals surface area contributed by atoms with Crippen molar-refractivity contribution < 1.29 is 19.1 Å². The maximum Gasteiger partial charge on any atom is 0.410 e. The third kappa shape index (κ3) is 5.29. The van der Waals surface area contributed by atoms with Gasteiger partial charge >= 0.3 is 6.09 Å². The molecule has 11 heteroatoms. The number of rotatable bonds is 3. The third-order valence-corrected chi connectivity index (χ3v) is 7.14. The molecular weight excluding hydrogens is 517 g/mol. The van der Waals surface area contributed by atoms with Gasteiger partial charge in [0.15, 0.2) is 16.7 Å². The zero-order valence-electron chi connectivity index (χ0n) is 22.3. The lowest BCUT2D eigenvalue weighted by molar-refractivity contribution is 0.000956. The number of fused-ring (bicyclic) bond motifs is 2. The highest BCUT2D eigenvalue weighted by Gasteiger charge is 2.41. The van der Waals surface area contributed by atoms with Crippen LogP contribution in [0.3, 0.4) is 0 Å². The maximum absolute atomic E-state index is 14.0. The highest BCUT2D eigenvalue weighted by atomic mass is 35.5. The van der Waals surface area contributed by atoms with E-state index in [1.807, 2.05) is 45.7 Å². The number of pyridine rings is 2. The van der Waals surface area contributed by atoms with Crippen LogP contribution in [-0.2, 0) is 4.74 Å². The van der Waals surface area contributed by atoms with Crippen molar-refractivity contribution in [2.45, 2.75) is 59.1 Å². The summed E-state index contributed by atoms with van der Waals surface area (Å²) in [4.78, 5) is 41.0. The van der Waals surface area contributed by atoms with E-state index in [1.165, 1.54) is 0 Å². The van der Waals surface area contributed by atoms with Gasteiger partial charge in [0.05, 0.1) is 17.4 Å². The molecule has 2 aliphatic heterocycles. The number of aryl methyl sites for hydroxylation is 1. The van der Waals surface area contributed by atoms with Crippen molar-refractivity contribution in [1.29, 1.82) is 0 Å². The van der Waals surface area contributed by atoms with Crippen LogP contribution in [0, 0.1) is 6.92 Å². The summed E-state index contributed by atoms with van der Waals surface area (Å²) in [6.07, 6.45) is 1.35. The normalized spacial score (nSPS) is 17.7. The largest absolute Gasteiger partial charge is 0.489 e. The van der Waals surface area contributed by atoms with Crippen molar-refractivity contribution in [3.63, 3.8) is 0 Å². The van der Waals surface area contributed by atoms with E-state index in [1.54, 1.807) is 16.0 Å². The predicted molar refractivity (Wildman–Crippen MR) is 144 cm³/mol. The van der Waals surface area contributed by atoms with Crippen LogP contribution in [0.1, 0.15) is 62.2 Å². The SMILES string of the molecule is Cc1ccnc(C(C)C)c1N(C)c1nc(Cl)c(Cl)c2c1C(=O)N1CCN(C(=O)OC(C)(C)C)CC1CO2. The highest BCUT2D eigenvalue weighted by molar-refractivity contribution is 6.42. The molecule has 2 amide bonds. The van der Waals surface area contributed by atoms with Gasteiger partial charge in [0.1, 0.15) is 22.8 Å². The first-order chi connectivity index (χ1) is 17.3. The minimum atomic E-state index is -0.616. The fourth-order valence-corrected chi connectivity index (χ4v) is 5.05. The third-order valence-electron chi connectivity index (χ3n) is 6.42. The molecule has 1 unspecified atom stereocenters. The van der Waals surface area contributed by atoms with Crippen LogP contribution in [0.2, 0.25) is 10.2 Å². The summed E-state index contributed by atoms with van der Waals surface area (Å²) in [5, 5.41) is 0.121. The molecule has 1 atom stereocenters. The molecule has 0 N–H and O–H groups in total. The van der Waals surface area contributed by atoms with Gasteiger partial charge in [-0.1, -0.05) is 37.0 Å². The second kappa shape index (κ2) is 10.2. The number of carbonyl (C=O) groups excluding carboxylic acids is 2. The Morgan fingerprint density at radius 1 is 1.27 bits per heavy atom. The Morgan fingerprint density at radius 3 is 2.62 bits per heavy atom. The van der Waals surface area contributed by atoms with E-state index in [0.29, 0.717) is 18.9 Å². The second-order valence-electron chi connectivity index (χ2n) is 10.7. The quantitative estimate of drug-likeness (QED) is 0.471. The van der Waals surface area contributed by atoms with Crippen LogP contribution in [-0.4, -0.2) is 76.7 Å². The average molecular weight is 550 g/mol. The molecule has 0 aliphatic carbocycles. The van der Waals surface area contributed by atoms with Gasteiger partial charge in [-0.15, -0.1) is 0 Å². The van der Waals surface area contributed by atoms with E-state index in [0.717, 1.165) is 16.9 Å². The molecule has 2 aromatic rings. The Labute approximate surface area is 227 Å². The van der Waals surface area contributed by atoms with Crippen LogP contribution >= 0.6 is 23.2 Å². The standard InChI is InChI=1S/C26H33Cl2N5O4/c1-14(2)19-20(15(3)8-9-29-19)31(7)23-17-21(18(27)22(28)30-23)36-13-16-12-32(10-11-33(16)24(17)34)25(35)37-26(4,5)6/h8-9,14,16H,10-13H2,1-7H3. The average Bonchev–Trinajstić information content (AvgIpc) is 2.96. The molecule has 200 valence electrons. The van der Waals surface area contributed by atoms with E-state index in [9.17, 15) is 9.59 Å². The van der Waals surface area contributed by atoms with E-state index in [-0.39, 0.29) is 52.5 Å². The molecule has 0 aromatic carbocycles. The Morgan fingerprint density at radius 2 is 1.97 bits per heavy atom. The summed E-state index contributed by atoms with van der Waals surface area (Å²) < 4.78 is 11.7. The molecule has 2 aliphatic rings. The Balaban J connectivity index is 1.74. The number of hydrogen-bond acceptors (Lipinski definition) is 7. The fourth-order valence-electron chi connectivity index (χ4n) is 4.69. The first kappa shape index (κ1) is 27.3. The van der Waals surface area contributed by atoms with Gasteiger partial charge in [-0.05, 0) is 45.2 Å². The summed E-state index contributed by atoms with van der Waals surface area (Å²) in [5.74, 6) is 0.389. The zero-order valence-corrected chi connectivity index (χ0v) is 23.8. The molecule has 1 saturated heterocycles. The fraction of sp³-hybridized carbons (Fsp3) is 0.538. The number of aromatic nitrogens is 2. The number of anilines is 2. The number of piperazine rings is 1. The van der Waals surface area contributed by atoms with Crippen LogP contribution in [0.5, 0.6) is 5.75 Å². The van der Waals surface area contributed by atoms with E-state index in [2.05, 4.69) is 23.8 Å². The van der Waals surface area contributed by atoms with E-state index >= 15 is 0 Å². The number of nitrogens with zero attached hydrogens (tertiary/aromatic N) is 5. The number of amides is 2. The number of carbonyl (C=O) groups is 2. The predicted octanol–water partition coefficient (Wildman–Crippen LogP) is 5.44. The van der Waals surface area contributed by atoms with Crippen molar-refractivity contribution in [2.75, 3.05) is 38.2 Å².